The molecule has 0 rings (SSSR count). The highest BCUT2D eigenvalue weighted by Gasteiger charge is 2.49. The van der Waals surface area contributed by atoms with Crippen LogP contribution in [-0.4, -0.2) is 199 Å². The minimum Gasteiger partial charge on any atom is -0.204 e. The monoisotopic (exact) mass is 309 g/mol. The predicted molar refractivity (Wildman–Crippen MR) is 163 cm³/mol. The zero-order chi connectivity index (χ0) is 22.5. The average molecular weight is 304 g/mol. The lowest BCUT2D eigenvalue weighted by atomic mass is 8.32. The molecule has 0 aliphatic heterocycles. The third-order valence-corrected chi connectivity index (χ3v) is 5.48. The minimum absolute atomic E-state index is 0.779. The van der Waals surface area contributed by atoms with Gasteiger partial charge in [0.15, 0.2) is 0 Å². The van der Waals surface area contributed by atoms with Gasteiger partial charge in [-0.25, -0.2) is 15.5 Å². The summed E-state index contributed by atoms with van der Waals surface area (Å²) in [6.07, 6.45) is -12.9. The Balaban J connectivity index is 6.81. The van der Waals surface area contributed by atoms with Crippen LogP contribution in [0.25, 0.3) is 0 Å². The van der Waals surface area contributed by atoms with Gasteiger partial charge in [0.2, 0.25) is 0 Å². The van der Waals surface area contributed by atoms with E-state index in [9.17, 15) is 0 Å². The zero-order valence-corrected chi connectivity index (χ0v) is 16.3. The largest absolute Gasteiger partial charge is 0.204 e. The van der Waals surface area contributed by atoms with Crippen molar-refractivity contribution in [1.29, 1.82) is 0 Å². The van der Waals surface area contributed by atoms with Crippen LogP contribution in [0.5, 0.6) is 0 Å². The Morgan fingerprint density at radius 1 is 0.321 bits per heavy atom. The summed E-state index contributed by atoms with van der Waals surface area (Å²) in [4.78, 5) is 0. The first kappa shape index (κ1) is 29.8. The molecule has 0 saturated heterocycles. The summed E-state index contributed by atoms with van der Waals surface area (Å²) in [5.74, 6) is 0. The first-order chi connectivity index (χ1) is 12.7. The molecule has 0 aromatic carbocycles. The molecule has 0 fully saturated rings. The van der Waals surface area contributed by atoms with Gasteiger partial charge in [-0.1, -0.05) is 0 Å². The van der Waals surface area contributed by atoms with E-state index >= 15 is 0 Å². The molecule has 0 nitrogen and oxygen atoms in total. The molecule has 0 saturated carbocycles. The molecular formula is HB28-. The zero-order valence-electron chi connectivity index (χ0n) is 16.3. The lowest BCUT2D eigenvalue weighted by Crippen LogP contribution is -2.87. The Morgan fingerprint density at radius 3 is 0.714 bits per heavy atom. The molecule has 0 bridgehead atoms. The first-order valence-electron chi connectivity index (χ1n) is 9.22. The van der Waals surface area contributed by atoms with Crippen LogP contribution in [0, 0.1) is 0 Å². The van der Waals surface area contributed by atoms with Crippen LogP contribution >= 0.6 is 0 Å². The second kappa shape index (κ2) is 13.4. The van der Waals surface area contributed by atoms with E-state index < -0.39 is 83.0 Å². The van der Waals surface area contributed by atoms with Gasteiger partial charge in [-0.3, -0.25) is 0 Å². The van der Waals surface area contributed by atoms with E-state index in [1.165, 1.54) is 0 Å². The minimum atomic E-state index is -1.91. The van der Waals surface area contributed by atoms with Crippen molar-refractivity contribution in [3.8, 4) is 0 Å². The maximum atomic E-state index is 6.35. The van der Waals surface area contributed by atoms with E-state index in [0.717, 1.165) is 0 Å². The van der Waals surface area contributed by atoms with Gasteiger partial charge in [0.1, 0.15) is 0 Å². The summed E-state index contributed by atoms with van der Waals surface area (Å²) in [5, 5.41) is 0. The SMILES string of the molecule is [B]B([B])B(B([B])[B])B(B(B([B])[B])B([B])[B])B(B(B([B])[B])B([B])[B])B([B])[BH-]([B])[B]. The second-order valence-corrected chi connectivity index (χ2v) is 7.72. The van der Waals surface area contributed by atoms with Gasteiger partial charge in [-0.2, -0.15) is 0 Å². The Hall–Kier alpha value is 1.82. The van der Waals surface area contributed by atoms with Crippen LogP contribution in [0.15, 0.2) is 0 Å². The summed E-state index contributed by atoms with van der Waals surface area (Å²) in [6, 6.07) is 0. The molecule has 28 heteroatoms. The van der Waals surface area contributed by atoms with Crippen molar-refractivity contribution in [2.45, 2.75) is 0 Å². The third kappa shape index (κ3) is 8.06. The van der Waals surface area contributed by atoms with Gasteiger partial charge in [0.25, 0.3) is 0 Å². The summed E-state index contributed by atoms with van der Waals surface area (Å²) in [5.41, 5.74) is 0. The highest BCUT2D eigenvalue weighted by molar-refractivity contribution is 8.26. The van der Waals surface area contributed by atoms with E-state index in [-0.39, 0.29) is 0 Å². The fourth-order valence-electron chi connectivity index (χ4n) is 4.22. The third-order valence-electron chi connectivity index (χ3n) is 5.48. The molecule has 0 aromatic heterocycles. The molecule has 0 N–H and O–H groups in total. The van der Waals surface area contributed by atoms with Gasteiger partial charge < -0.3 is 0 Å². The molecular weight excluding hydrogens is 303 g/mol. The lowest BCUT2D eigenvalue weighted by molar-refractivity contribution is 3.27. The van der Waals surface area contributed by atoms with E-state index in [1.807, 2.05) is 0 Å². The molecule has 0 aliphatic rings. The van der Waals surface area contributed by atoms with Crippen molar-refractivity contribution in [3.63, 3.8) is 0 Å². The van der Waals surface area contributed by atoms with Gasteiger partial charge in [-0.05, 0) is 171 Å². The lowest BCUT2D eigenvalue weighted by Gasteiger charge is -2.51. The first-order valence-corrected chi connectivity index (χ1v) is 9.22. The van der Waals surface area contributed by atoms with Gasteiger partial charge >= 0.3 is 0 Å². The highest BCUT2D eigenvalue weighted by atomic mass is 13.3. The molecule has 0 amide bonds. The van der Waals surface area contributed by atoms with Crippen molar-refractivity contribution in [2.75, 3.05) is 0 Å². The summed E-state index contributed by atoms with van der Waals surface area (Å²) >= 11 is 0. The molecule has 0 unspecified atom stereocenters. The van der Waals surface area contributed by atoms with E-state index in [0.29, 0.717) is 0 Å². The van der Waals surface area contributed by atoms with Crippen LogP contribution in [0.3, 0.4) is 0 Å². The number of hydrogen-bond donors (Lipinski definition) is 0. The van der Waals surface area contributed by atoms with Crippen LogP contribution in [0.4, 0.5) is 0 Å². The van der Waals surface area contributed by atoms with Crippen LogP contribution in [-0.2, 0) is 0 Å². The molecule has 0 spiro atoms. The molecule has 30 radical (unpaired) electrons. The molecule has 0 aliphatic carbocycles. The average Bonchev–Trinajstić information content (AvgIpc) is 2.48. The fraction of sp³-hybridized carbons (Fsp3) is 0. The fourth-order valence-corrected chi connectivity index (χ4v) is 4.22. The highest BCUT2D eigenvalue weighted by Crippen LogP contribution is 2.12. The standard InChI is InChI=1S/B28H/c1-16(2)23(15)27(24(17(3)4)18(5)6)28(25(19(7)8)20(9)10)26(21(11)12)22(13)14/h16H/q-1. The van der Waals surface area contributed by atoms with Crippen molar-refractivity contribution >= 4 is 199 Å². The van der Waals surface area contributed by atoms with Crippen LogP contribution in [0.2, 0.25) is 0 Å². The Kier molecular flexibility index (Phi) is 14.3. The van der Waals surface area contributed by atoms with Crippen molar-refractivity contribution in [2.24, 2.45) is 0 Å². The normalized spacial score (nSPS) is 9.75. The predicted octanol–water partition coefficient (Wildman–Crippen LogP) is -10.9. The van der Waals surface area contributed by atoms with Gasteiger partial charge in [0, 0.05) is 0 Å². The molecule has 86 valence electrons. The molecule has 0 aromatic rings. The smallest absolute Gasteiger partial charge is 0.0000000126 e. The number of hydrogen-bond acceptors (Lipinski definition) is 0. The van der Waals surface area contributed by atoms with E-state index in [4.69, 9.17) is 116 Å². The van der Waals surface area contributed by atoms with Crippen LogP contribution in [0.1, 0.15) is 0 Å². The van der Waals surface area contributed by atoms with Gasteiger partial charge in [-0.15, -0.1) is 12.8 Å². The topological polar surface area (TPSA) is 0 Å². The Morgan fingerprint density at radius 2 is 0.536 bits per heavy atom. The summed E-state index contributed by atoms with van der Waals surface area (Å²) in [7, 11) is 89.9. The molecule has 0 heterocycles. The Bertz CT molecular complexity index is 354. The maximum absolute atomic E-state index is 6.35. The van der Waals surface area contributed by atoms with Gasteiger partial charge in [0.05, 0.1) is 0 Å². The van der Waals surface area contributed by atoms with Crippen molar-refractivity contribution in [3.05, 3.63) is 0 Å². The number of rotatable bonds is 12. The second-order valence-electron chi connectivity index (χ2n) is 7.72. The molecule has 0 atom stereocenters. The van der Waals surface area contributed by atoms with Crippen molar-refractivity contribution < 1.29 is 0 Å². The maximum Gasteiger partial charge on any atom is -0.0000000126 e. The summed E-state index contributed by atoms with van der Waals surface area (Å²) in [6.45, 7) is 0. The van der Waals surface area contributed by atoms with Crippen molar-refractivity contribution in [1.82, 2.24) is 0 Å². The van der Waals surface area contributed by atoms with E-state index in [2.05, 4.69) is 0 Å². The Labute approximate surface area is 198 Å². The van der Waals surface area contributed by atoms with Crippen LogP contribution < -0.4 is 0 Å². The molecule has 28 heavy (non-hydrogen) atoms. The van der Waals surface area contributed by atoms with E-state index in [1.54, 1.807) is 0 Å². The summed E-state index contributed by atoms with van der Waals surface area (Å²) < 4.78 is 0. The quantitative estimate of drug-likeness (QED) is 0.314.